The number of fused-ring (bicyclic) bond motifs is 1. The quantitative estimate of drug-likeness (QED) is 0.600. The molecule has 0 unspecified atom stereocenters. The summed E-state index contributed by atoms with van der Waals surface area (Å²) in [5.74, 6) is -0.416. The maximum absolute atomic E-state index is 11.6. The fourth-order valence-electron chi connectivity index (χ4n) is 1.62. The molecule has 0 spiro atoms. The third-order valence-corrected chi connectivity index (χ3v) is 3.21. The van der Waals surface area contributed by atoms with E-state index in [4.69, 9.17) is 4.74 Å². The van der Waals surface area contributed by atoms with E-state index in [1.165, 1.54) is 7.11 Å². The molecule has 0 radical (unpaired) electrons. The molecule has 2 nitrogen and oxygen atoms in total. The summed E-state index contributed by atoms with van der Waals surface area (Å²) in [4.78, 5) is 12.8. The Morgan fingerprint density at radius 1 is 1.25 bits per heavy atom. The second-order valence-electron chi connectivity index (χ2n) is 3.33. The lowest BCUT2D eigenvalue weighted by Gasteiger charge is -2.09. The summed E-state index contributed by atoms with van der Waals surface area (Å²) < 4.78 is 4.71. The fraction of sp³-hybridized carbons (Fsp3) is 0.0833. The largest absolute Gasteiger partial charge is 0.465 e. The monoisotopic (exact) mass is 250 g/mol. The van der Waals surface area contributed by atoms with E-state index in [9.17, 15) is 4.79 Å². The van der Waals surface area contributed by atoms with Gasteiger partial charge < -0.3 is 4.74 Å². The number of hydrogen-bond acceptors (Lipinski definition) is 4. The van der Waals surface area contributed by atoms with E-state index in [1.807, 2.05) is 30.3 Å². The normalized spacial score (nSPS) is 10.4. The molecular weight excluding hydrogens is 240 g/mol. The van der Waals surface area contributed by atoms with Gasteiger partial charge in [-0.3, -0.25) is 0 Å². The minimum atomic E-state index is -0.416. The number of esters is 1. The van der Waals surface area contributed by atoms with Crippen LogP contribution in [0.15, 0.2) is 40.1 Å². The number of carbonyl (C=O) groups excluding carboxylic acids is 1. The first-order chi connectivity index (χ1) is 7.65. The Bertz CT molecular complexity index is 564. The van der Waals surface area contributed by atoms with Crippen LogP contribution in [0, 0.1) is 0 Å². The zero-order valence-electron chi connectivity index (χ0n) is 8.60. The summed E-state index contributed by atoms with van der Waals surface area (Å²) in [6, 6.07) is 9.54. The van der Waals surface area contributed by atoms with Gasteiger partial charge in [0.2, 0.25) is 0 Å². The highest BCUT2D eigenvalue weighted by atomic mass is 32.1. The molecule has 0 aliphatic carbocycles. The molecule has 16 heavy (non-hydrogen) atoms. The van der Waals surface area contributed by atoms with E-state index in [0.717, 1.165) is 10.8 Å². The molecule has 0 saturated carbocycles. The van der Waals surface area contributed by atoms with Gasteiger partial charge in [0.1, 0.15) is 0 Å². The van der Waals surface area contributed by atoms with Gasteiger partial charge in [-0.1, -0.05) is 24.3 Å². The predicted octanol–water partition coefficient (Wildman–Crippen LogP) is 3.20. The van der Waals surface area contributed by atoms with Gasteiger partial charge in [0.05, 0.1) is 12.7 Å². The summed E-state index contributed by atoms with van der Waals surface area (Å²) in [5, 5.41) is 1.93. The molecule has 82 valence electrons. The fourth-order valence-corrected chi connectivity index (χ4v) is 2.46. The van der Waals surface area contributed by atoms with Crippen molar-refractivity contribution < 1.29 is 9.53 Å². The molecule has 0 heterocycles. The molecule has 0 atom stereocenters. The molecule has 0 aliphatic rings. The van der Waals surface area contributed by atoms with E-state index in [-0.39, 0.29) is 0 Å². The van der Waals surface area contributed by atoms with E-state index in [2.05, 4.69) is 25.3 Å². The molecule has 0 N–H and O–H groups in total. The van der Waals surface area contributed by atoms with Gasteiger partial charge in [0.25, 0.3) is 0 Å². The van der Waals surface area contributed by atoms with Crippen LogP contribution < -0.4 is 0 Å². The lowest BCUT2D eigenvalue weighted by atomic mass is 10.1. The lowest BCUT2D eigenvalue weighted by Crippen LogP contribution is -2.04. The van der Waals surface area contributed by atoms with Gasteiger partial charge in [-0.25, -0.2) is 4.79 Å². The smallest absolute Gasteiger partial charge is 0.340 e. The summed E-state index contributed by atoms with van der Waals surface area (Å²) in [7, 11) is 1.35. The van der Waals surface area contributed by atoms with Crippen molar-refractivity contribution in [2.75, 3.05) is 7.11 Å². The molecule has 0 aliphatic heterocycles. The Morgan fingerprint density at radius 3 is 2.62 bits per heavy atom. The van der Waals surface area contributed by atoms with Crippen LogP contribution in [0.3, 0.4) is 0 Å². The van der Waals surface area contributed by atoms with E-state index < -0.39 is 5.97 Å². The summed E-state index contributed by atoms with van der Waals surface area (Å²) in [6.07, 6.45) is 0. The maximum Gasteiger partial charge on any atom is 0.340 e. The SMILES string of the molecule is COC(=O)c1c(S)cc2ccccc2c1S. The minimum Gasteiger partial charge on any atom is -0.465 e. The van der Waals surface area contributed by atoms with Crippen LogP contribution >= 0.6 is 25.3 Å². The summed E-state index contributed by atoms with van der Waals surface area (Å²) >= 11 is 8.66. The van der Waals surface area contributed by atoms with Gasteiger partial charge in [-0.15, -0.1) is 25.3 Å². The molecular formula is C12H10O2S2. The Kier molecular flexibility index (Phi) is 3.12. The highest BCUT2D eigenvalue weighted by Gasteiger charge is 2.16. The molecule has 0 aromatic heterocycles. The zero-order valence-corrected chi connectivity index (χ0v) is 10.4. The number of hydrogen-bond donors (Lipinski definition) is 2. The molecule has 0 fully saturated rings. The topological polar surface area (TPSA) is 26.3 Å². The van der Waals surface area contributed by atoms with Gasteiger partial charge in [0, 0.05) is 9.79 Å². The Morgan fingerprint density at radius 2 is 1.94 bits per heavy atom. The number of methoxy groups -OCH3 is 1. The average molecular weight is 250 g/mol. The van der Waals surface area contributed by atoms with Crippen LogP contribution in [0.5, 0.6) is 0 Å². The molecule has 0 saturated heterocycles. The van der Waals surface area contributed by atoms with Gasteiger partial charge >= 0.3 is 5.97 Å². The van der Waals surface area contributed by atoms with Crippen LogP contribution in [-0.2, 0) is 4.74 Å². The highest BCUT2D eigenvalue weighted by molar-refractivity contribution is 7.81. The van der Waals surface area contributed by atoms with Gasteiger partial charge in [0.15, 0.2) is 0 Å². The van der Waals surface area contributed by atoms with Crippen LogP contribution in [0.2, 0.25) is 0 Å². The first-order valence-corrected chi connectivity index (χ1v) is 5.56. The molecule has 0 amide bonds. The second kappa shape index (κ2) is 4.39. The van der Waals surface area contributed by atoms with Crippen molar-refractivity contribution in [1.29, 1.82) is 0 Å². The average Bonchev–Trinajstić information content (AvgIpc) is 2.28. The predicted molar refractivity (Wildman–Crippen MR) is 69.8 cm³/mol. The van der Waals surface area contributed by atoms with Crippen LogP contribution in [0.4, 0.5) is 0 Å². The number of thiol groups is 2. The molecule has 2 aromatic carbocycles. The third kappa shape index (κ3) is 1.79. The van der Waals surface area contributed by atoms with Gasteiger partial charge in [-0.2, -0.15) is 0 Å². The van der Waals surface area contributed by atoms with Crippen LogP contribution in [0.25, 0.3) is 10.8 Å². The maximum atomic E-state index is 11.6. The van der Waals surface area contributed by atoms with Crippen LogP contribution in [0.1, 0.15) is 10.4 Å². The van der Waals surface area contributed by atoms with E-state index >= 15 is 0 Å². The number of rotatable bonds is 1. The zero-order chi connectivity index (χ0) is 11.7. The Balaban J connectivity index is 2.80. The molecule has 2 rings (SSSR count). The number of ether oxygens (including phenoxy) is 1. The first-order valence-electron chi connectivity index (χ1n) is 4.67. The van der Waals surface area contributed by atoms with Crippen molar-refractivity contribution in [3.05, 3.63) is 35.9 Å². The third-order valence-electron chi connectivity index (χ3n) is 2.39. The van der Waals surface area contributed by atoms with E-state index in [1.54, 1.807) is 0 Å². The van der Waals surface area contributed by atoms with Crippen LogP contribution in [-0.4, -0.2) is 13.1 Å². The highest BCUT2D eigenvalue weighted by Crippen LogP contribution is 2.31. The van der Waals surface area contributed by atoms with Crippen molar-refractivity contribution in [2.24, 2.45) is 0 Å². The Labute approximate surface area is 104 Å². The number of carbonyl (C=O) groups is 1. The van der Waals surface area contributed by atoms with Crippen molar-refractivity contribution >= 4 is 42.0 Å². The molecule has 4 heteroatoms. The molecule has 2 aromatic rings. The minimum absolute atomic E-state index is 0.410. The molecule has 0 bridgehead atoms. The van der Waals surface area contributed by atoms with E-state index in [0.29, 0.717) is 15.4 Å². The van der Waals surface area contributed by atoms with Crippen molar-refractivity contribution in [2.45, 2.75) is 9.79 Å². The number of benzene rings is 2. The second-order valence-corrected chi connectivity index (χ2v) is 4.26. The van der Waals surface area contributed by atoms with Crippen molar-refractivity contribution in [1.82, 2.24) is 0 Å². The first kappa shape index (κ1) is 11.4. The summed E-state index contributed by atoms with van der Waals surface area (Å²) in [5.41, 5.74) is 0.410. The van der Waals surface area contributed by atoms with Crippen molar-refractivity contribution in [3.8, 4) is 0 Å². The van der Waals surface area contributed by atoms with Crippen molar-refractivity contribution in [3.63, 3.8) is 0 Å². The standard InChI is InChI=1S/C12H10O2S2/c1-14-12(13)10-9(15)6-7-4-2-3-5-8(7)11(10)16/h2-6,15-16H,1H3. The van der Waals surface area contributed by atoms with Gasteiger partial charge in [-0.05, 0) is 16.8 Å². The Hall–Kier alpha value is -1.13. The summed E-state index contributed by atoms with van der Waals surface area (Å²) in [6.45, 7) is 0. The lowest BCUT2D eigenvalue weighted by molar-refractivity contribution is 0.0593.